The van der Waals surface area contributed by atoms with Crippen LogP contribution >= 0.6 is 0 Å². The minimum absolute atomic E-state index is 0.0498. The summed E-state index contributed by atoms with van der Waals surface area (Å²) >= 11 is 0. The number of halogens is 1. The van der Waals surface area contributed by atoms with E-state index >= 15 is 0 Å². The van der Waals surface area contributed by atoms with Gasteiger partial charge in [-0.1, -0.05) is 18.2 Å². The van der Waals surface area contributed by atoms with E-state index in [2.05, 4.69) is 4.98 Å². The minimum Gasteiger partial charge on any atom is -0.338 e. The van der Waals surface area contributed by atoms with E-state index in [1.54, 1.807) is 36.2 Å². The summed E-state index contributed by atoms with van der Waals surface area (Å²) in [6, 6.07) is 6.32. The fraction of sp³-hybridized carbons (Fsp3) is 0.429. The Bertz CT molecular complexity index is 917. The van der Waals surface area contributed by atoms with Gasteiger partial charge in [-0.2, -0.15) is 0 Å². The maximum Gasteiger partial charge on any atom is 0.227 e. The minimum atomic E-state index is -0.354. The molecule has 1 aromatic heterocycles. The number of hydrogen-bond donors (Lipinski definition) is 0. The van der Waals surface area contributed by atoms with Gasteiger partial charge in [0.1, 0.15) is 5.82 Å². The molecule has 7 heteroatoms. The molecule has 2 aliphatic heterocycles. The van der Waals surface area contributed by atoms with Gasteiger partial charge in [-0.3, -0.25) is 9.59 Å². The lowest BCUT2D eigenvalue weighted by atomic mass is 10.0. The van der Waals surface area contributed by atoms with Crippen LogP contribution in [0.15, 0.2) is 30.5 Å². The van der Waals surface area contributed by atoms with E-state index in [1.165, 1.54) is 6.07 Å². The molecule has 2 aromatic rings. The lowest BCUT2D eigenvalue weighted by Crippen LogP contribution is -2.38. The number of amides is 2. The van der Waals surface area contributed by atoms with Crippen molar-refractivity contribution < 1.29 is 14.0 Å². The zero-order valence-corrected chi connectivity index (χ0v) is 15.9. The number of rotatable bonds is 3. The van der Waals surface area contributed by atoms with Gasteiger partial charge in [0, 0.05) is 44.7 Å². The van der Waals surface area contributed by atoms with Gasteiger partial charge >= 0.3 is 0 Å². The highest BCUT2D eigenvalue weighted by Crippen LogP contribution is 2.30. The largest absolute Gasteiger partial charge is 0.338 e. The van der Waals surface area contributed by atoms with E-state index < -0.39 is 0 Å². The Morgan fingerprint density at radius 1 is 1.25 bits per heavy atom. The summed E-state index contributed by atoms with van der Waals surface area (Å²) in [5.41, 5.74) is 2.27. The number of carbonyl (C=O) groups is 2. The van der Waals surface area contributed by atoms with Crippen LogP contribution in [0.1, 0.15) is 48.5 Å². The third-order valence-corrected chi connectivity index (χ3v) is 5.56. The summed E-state index contributed by atoms with van der Waals surface area (Å²) in [6.45, 7) is 3.32. The summed E-state index contributed by atoms with van der Waals surface area (Å²) < 4.78 is 13.8. The lowest BCUT2D eigenvalue weighted by Gasteiger charge is -2.29. The predicted molar refractivity (Wildman–Crippen MR) is 101 cm³/mol. The molecule has 1 atom stereocenters. The Hall–Kier alpha value is -2.83. The van der Waals surface area contributed by atoms with Gasteiger partial charge in [-0.15, -0.1) is 0 Å². The number of fused-ring (bicyclic) bond motifs is 1. The van der Waals surface area contributed by atoms with Crippen molar-refractivity contribution in [2.75, 3.05) is 13.1 Å². The molecule has 146 valence electrons. The fourth-order valence-corrected chi connectivity index (χ4v) is 4.03. The molecule has 0 radical (unpaired) electrons. The Morgan fingerprint density at radius 3 is 2.86 bits per heavy atom. The van der Waals surface area contributed by atoms with E-state index in [0.717, 1.165) is 30.6 Å². The monoisotopic (exact) mass is 382 g/mol. The van der Waals surface area contributed by atoms with Gasteiger partial charge in [-0.25, -0.2) is 14.4 Å². The first-order chi connectivity index (χ1) is 13.5. The molecule has 0 aliphatic carbocycles. The second-order valence-electron chi connectivity index (χ2n) is 7.40. The van der Waals surface area contributed by atoms with Crippen molar-refractivity contribution in [1.82, 2.24) is 19.8 Å². The van der Waals surface area contributed by atoms with Gasteiger partial charge in [-0.05, 0) is 24.5 Å². The molecule has 0 spiro atoms. The zero-order chi connectivity index (χ0) is 19.7. The first-order valence-corrected chi connectivity index (χ1v) is 9.66. The highest BCUT2D eigenvalue weighted by atomic mass is 19.1. The Balaban J connectivity index is 1.47. The molecule has 1 saturated heterocycles. The molecular formula is C21H23FN4O2. The summed E-state index contributed by atoms with van der Waals surface area (Å²) in [6.07, 6.45) is 4.31. The van der Waals surface area contributed by atoms with Gasteiger partial charge in [0.05, 0.1) is 18.2 Å². The van der Waals surface area contributed by atoms with Crippen LogP contribution in [-0.2, 0) is 29.0 Å². The summed E-state index contributed by atoms with van der Waals surface area (Å²) in [5.74, 6) is 0.289. The molecule has 2 aliphatic rings. The molecule has 0 bridgehead atoms. The van der Waals surface area contributed by atoms with Crippen LogP contribution in [0.5, 0.6) is 0 Å². The number of benzene rings is 1. The van der Waals surface area contributed by atoms with Gasteiger partial charge < -0.3 is 9.80 Å². The number of aromatic nitrogens is 2. The van der Waals surface area contributed by atoms with Crippen LogP contribution in [0.25, 0.3) is 0 Å². The average molecular weight is 382 g/mol. The van der Waals surface area contributed by atoms with Crippen LogP contribution in [0.3, 0.4) is 0 Å². The Kier molecular flexibility index (Phi) is 5.07. The highest BCUT2D eigenvalue weighted by Gasteiger charge is 2.31. The fourth-order valence-electron chi connectivity index (χ4n) is 4.03. The second kappa shape index (κ2) is 7.66. The molecule has 28 heavy (non-hydrogen) atoms. The topological polar surface area (TPSA) is 66.4 Å². The SMILES string of the molecule is CC(=O)N1CCC[C@@H]1c1ncc2c(n1)CCN(C(=O)Cc1ccccc1F)C2. The molecule has 2 amide bonds. The van der Waals surface area contributed by atoms with E-state index in [-0.39, 0.29) is 30.1 Å². The van der Waals surface area contributed by atoms with Crippen molar-refractivity contribution in [3.63, 3.8) is 0 Å². The van der Waals surface area contributed by atoms with Gasteiger partial charge in [0.15, 0.2) is 5.82 Å². The third-order valence-electron chi connectivity index (χ3n) is 5.56. The molecule has 1 aromatic carbocycles. The molecule has 0 saturated carbocycles. The average Bonchev–Trinajstić information content (AvgIpc) is 3.19. The number of hydrogen-bond acceptors (Lipinski definition) is 4. The Morgan fingerprint density at radius 2 is 2.07 bits per heavy atom. The van der Waals surface area contributed by atoms with Crippen molar-refractivity contribution in [2.24, 2.45) is 0 Å². The van der Waals surface area contributed by atoms with E-state index in [0.29, 0.717) is 30.9 Å². The van der Waals surface area contributed by atoms with Crippen LogP contribution in [0.4, 0.5) is 4.39 Å². The van der Waals surface area contributed by atoms with Crippen molar-refractivity contribution >= 4 is 11.8 Å². The summed E-state index contributed by atoms with van der Waals surface area (Å²) in [4.78, 5) is 37.2. The zero-order valence-electron chi connectivity index (χ0n) is 15.9. The second-order valence-corrected chi connectivity index (χ2v) is 7.40. The molecule has 3 heterocycles. The lowest BCUT2D eigenvalue weighted by molar-refractivity contribution is -0.131. The maximum atomic E-state index is 13.8. The van der Waals surface area contributed by atoms with E-state index in [1.807, 2.05) is 4.90 Å². The number of carbonyl (C=O) groups excluding carboxylic acids is 2. The molecule has 6 nitrogen and oxygen atoms in total. The normalized spacial score (nSPS) is 18.9. The first kappa shape index (κ1) is 18.5. The standard InChI is InChI=1S/C21H23FN4O2/c1-14(27)26-9-4-7-19(26)21-23-12-16-13-25(10-8-18(16)24-21)20(28)11-15-5-2-3-6-17(15)22/h2-3,5-6,12,19H,4,7-11,13H2,1H3/t19-/m1/s1. The molecule has 0 N–H and O–H groups in total. The smallest absolute Gasteiger partial charge is 0.227 e. The van der Waals surface area contributed by atoms with Crippen molar-refractivity contribution in [1.29, 1.82) is 0 Å². The van der Waals surface area contributed by atoms with Gasteiger partial charge in [0.25, 0.3) is 0 Å². The van der Waals surface area contributed by atoms with E-state index in [4.69, 9.17) is 4.98 Å². The quantitative estimate of drug-likeness (QED) is 0.818. The van der Waals surface area contributed by atoms with Crippen LogP contribution in [-0.4, -0.2) is 44.7 Å². The Labute approximate surface area is 163 Å². The highest BCUT2D eigenvalue weighted by molar-refractivity contribution is 5.79. The van der Waals surface area contributed by atoms with Crippen LogP contribution in [0.2, 0.25) is 0 Å². The summed E-state index contributed by atoms with van der Waals surface area (Å²) in [7, 11) is 0. The molecule has 1 fully saturated rings. The molecular weight excluding hydrogens is 359 g/mol. The predicted octanol–water partition coefficient (Wildman–Crippen LogP) is 2.43. The van der Waals surface area contributed by atoms with Crippen molar-refractivity contribution in [3.8, 4) is 0 Å². The number of nitrogens with zero attached hydrogens (tertiary/aromatic N) is 4. The summed E-state index contributed by atoms with van der Waals surface area (Å²) in [5, 5.41) is 0. The van der Waals surface area contributed by atoms with Crippen LogP contribution < -0.4 is 0 Å². The number of likely N-dealkylation sites (tertiary alicyclic amines) is 1. The van der Waals surface area contributed by atoms with Crippen molar-refractivity contribution in [2.45, 2.75) is 45.2 Å². The molecule has 0 unspecified atom stereocenters. The third kappa shape index (κ3) is 3.61. The van der Waals surface area contributed by atoms with Gasteiger partial charge in [0.2, 0.25) is 11.8 Å². The molecule has 4 rings (SSSR count). The van der Waals surface area contributed by atoms with Crippen molar-refractivity contribution in [3.05, 3.63) is 58.9 Å². The first-order valence-electron chi connectivity index (χ1n) is 9.66. The maximum absolute atomic E-state index is 13.8. The van der Waals surface area contributed by atoms with E-state index in [9.17, 15) is 14.0 Å². The van der Waals surface area contributed by atoms with Crippen LogP contribution in [0, 0.1) is 5.82 Å².